The number of carbonyl (C=O) groups excluding carboxylic acids is 1. The highest BCUT2D eigenvalue weighted by Gasteiger charge is 2.06. The summed E-state index contributed by atoms with van der Waals surface area (Å²) in [5.74, 6) is -0.590. The molecule has 0 radical (unpaired) electrons. The van der Waals surface area contributed by atoms with Crippen LogP contribution in [0.15, 0.2) is 12.7 Å². The Balaban J connectivity index is 3.81. The first-order chi connectivity index (χ1) is 6.39. The maximum absolute atomic E-state index is 11.0. The van der Waals surface area contributed by atoms with Gasteiger partial charge in [0.05, 0.1) is 6.54 Å². The van der Waals surface area contributed by atoms with Crippen molar-refractivity contribution in [2.24, 2.45) is 0 Å². The Morgan fingerprint density at radius 1 is 2.00 bits per heavy atom. The van der Waals surface area contributed by atoms with E-state index < -0.39 is 12.9 Å². The van der Waals surface area contributed by atoms with Gasteiger partial charge in [0.2, 0.25) is 0 Å². The van der Waals surface area contributed by atoms with Gasteiger partial charge in [0.15, 0.2) is 0 Å². The third-order valence-electron chi connectivity index (χ3n) is 1.18. The van der Waals surface area contributed by atoms with Crippen molar-refractivity contribution in [3.05, 3.63) is 12.7 Å². The average Bonchev–Trinajstić information content (AvgIpc) is 2.09. The van der Waals surface area contributed by atoms with Gasteiger partial charge in [0, 0.05) is 4.11 Å². The molecule has 0 amide bonds. The van der Waals surface area contributed by atoms with Crippen LogP contribution in [0.4, 0.5) is 0 Å². The molecule has 0 saturated heterocycles. The molecule has 11 heavy (non-hydrogen) atoms. The first kappa shape index (κ1) is 5.77. The molecule has 0 fully saturated rings. The van der Waals surface area contributed by atoms with E-state index in [1.165, 1.54) is 6.08 Å². The predicted molar refractivity (Wildman–Crippen MR) is 44.3 cm³/mol. The Labute approximate surface area is 71.6 Å². The molecule has 0 rings (SSSR count). The summed E-state index contributed by atoms with van der Waals surface area (Å²) in [6, 6.07) is 0. The van der Waals surface area contributed by atoms with E-state index in [0.717, 1.165) is 0 Å². The van der Waals surface area contributed by atoms with E-state index in [-0.39, 0.29) is 12.6 Å². The van der Waals surface area contributed by atoms with E-state index in [4.69, 9.17) is 8.85 Å². The van der Waals surface area contributed by atoms with Crippen LogP contribution in [0, 0.1) is 0 Å². The second-order valence-electron chi connectivity index (χ2n) is 2.03. The molecule has 0 spiro atoms. The minimum atomic E-state index is -2.31. The summed E-state index contributed by atoms with van der Waals surface area (Å²) in [5, 5.41) is 2.07. The van der Waals surface area contributed by atoms with E-state index in [9.17, 15) is 4.79 Å². The molecule has 0 heterocycles. The van der Waals surface area contributed by atoms with Crippen LogP contribution in [-0.4, -0.2) is 25.6 Å². The number of carbonyl (C=O) groups is 1. The summed E-state index contributed by atoms with van der Waals surface area (Å²) in [6.07, 6.45) is 1.79. The topological polar surface area (TPSA) is 38.3 Å². The van der Waals surface area contributed by atoms with E-state index in [0.29, 0.717) is 6.42 Å². The molecule has 0 aliphatic carbocycles. The second kappa shape index (κ2) is 5.92. The minimum absolute atomic E-state index is 0.319. The summed E-state index contributed by atoms with van der Waals surface area (Å²) in [4.78, 5) is 11.0. The van der Waals surface area contributed by atoms with Crippen molar-refractivity contribution in [3.63, 3.8) is 0 Å². The van der Waals surface area contributed by atoms with Crippen molar-refractivity contribution in [2.75, 3.05) is 13.5 Å². The third kappa shape index (κ3) is 4.56. The Hall–Kier alpha value is -0.830. The van der Waals surface area contributed by atoms with Crippen molar-refractivity contribution in [3.8, 4) is 0 Å². The number of likely N-dealkylation sites (N-methyl/N-ethyl adjacent to an activating group) is 1. The van der Waals surface area contributed by atoms with Gasteiger partial charge < -0.3 is 10.1 Å². The highest BCUT2D eigenvalue weighted by atomic mass is 16.5. The molecule has 0 aromatic heterocycles. The van der Waals surface area contributed by atoms with Crippen LogP contribution in [0.25, 0.3) is 0 Å². The molecular formula is C8H15NO2. The summed E-state index contributed by atoms with van der Waals surface area (Å²) >= 11 is 0. The van der Waals surface area contributed by atoms with Crippen molar-refractivity contribution in [2.45, 2.75) is 19.4 Å². The highest BCUT2D eigenvalue weighted by molar-refractivity contribution is 5.71. The summed E-state index contributed by atoms with van der Waals surface area (Å²) in [5.41, 5.74) is 0. The van der Waals surface area contributed by atoms with Crippen molar-refractivity contribution >= 4 is 5.97 Å². The first-order valence-electron chi connectivity index (χ1n) is 4.96. The Morgan fingerprint density at radius 2 is 2.73 bits per heavy atom. The van der Waals surface area contributed by atoms with E-state index >= 15 is 0 Å². The van der Waals surface area contributed by atoms with Gasteiger partial charge in [-0.1, -0.05) is 19.6 Å². The third-order valence-corrected chi connectivity index (χ3v) is 1.18. The number of ether oxygens (including phenoxy) is 1. The van der Waals surface area contributed by atoms with Gasteiger partial charge in [-0.15, -0.1) is 0 Å². The van der Waals surface area contributed by atoms with Crippen LogP contribution in [0.2, 0.25) is 0 Å². The quantitative estimate of drug-likeness (QED) is 0.475. The second-order valence-corrected chi connectivity index (χ2v) is 2.03. The summed E-state index contributed by atoms with van der Waals surface area (Å²) in [6.45, 7) is 2.70. The van der Waals surface area contributed by atoms with Gasteiger partial charge in [0.1, 0.15) is 6.10 Å². The monoisotopic (exact) mass is 160 g/mol. The molecule has 0 bridgehead atoms. The van der Waals surface area contributed by atoms with Crippen molar-refractivity contribution < 1.29 is 13.6 Å². The molecule has 0 aromatic rings. The molecule has 1 unspecified atom stereocenters. The fourth-order valence-electron chi connectivity index (χ4n) is 0.581. The molecule has 0 saturated carbocycles. The number of hydrogen-bond acceptors (Lipinski definition) is 3. The minimum Gasteiger partial charge on any atom is -0.457 e. The van der Waals surface area contributed by atoms with Crippen LogP contribution in [0.5, 0.6) is 0 Å². The fourth-order valence-corrected chi connectivity index (χ4v) is 0.581. The molecule has 0 aliphatic rings. The molecule has 1 N–H and O–H groups in total. The number of esters is 1. The van der Waals surface area contributed by atoms with Crippen LogP contribution in [0.3, 0.4) is 0 Å². The number of rotatable bonds is 5. The Bertz CT molecular complexity index is 203. The van der Waals surface area contributed by atoms with Crippen molar-refractivity contribution in [1.82, 2.24) is 5.32 Å². The standard InChI is InChI=1S/C8H15NO2/c1-4-7(5-2)11-8(10)6-9-3/h4,7,9H,1,5-6H2,2-3H3/i3D3. The zero-order valence-electron chi connectivity index (χ0n) is 9.59. The van der Waals surface area contributed by atoms with E-state index in [1.807, 2.05) is 6.92 Å². The number of hydrogen-bond donors (Lipinski definition) is 1. The van der Waals surface area contributed by atoms with Crippen LogP contribution in [0.1, 0.15) is 17.5 Å². The van der Waals surface area contributed by atoms with Gasteiger partial charge in [-0.2, -0.15) is 0 Å². The van der Waals surface area contributed by atoms with Crippen LogP contribution in [-0.2, 0) is 9.53 Å². The molecule has 0 aromatic carbocycles. The SMILES string of the molecule is [2H]C([2H])([2H])NCC(=O)OC(C=C)CC. The fraction of sp³-hybridized carbons (Fsp3) is 0.625. The summed E-state index contributed by atoms with van der Waals surface area (Å²) < 4.78 is 25.2. The van der Waals surface area contributed by atoms with Crippen molar-refractivity contribution in [1.29, 1.82) is 0 Å². The highest BCUT2D eigenvalue weighted by Crippen LogP contribution is 1.98. The van der Waals surface area contributed by atoms with Gasteiger partial charge in [-0.3, -0.25) is 4.79 Å². The lowest BCUT2D eigenvalue weighted by Gasteiger charge is -2.10. The lowest BCUT2D eigenvalue weighted by atomic mass is 10.3. The maximum atomic E-state index is 11.0. The Kier molecular flexibility index (Phi) is 3.11. The normalized spacial score (nSPS) is 17.4. The van der Waals surface area contributed by atoms with Crippen LogP contribution < -0.4 is 5.32 Å². The molecule has 0 aliphatic heterocycles. The van der Waals surface area contributed by atoms with Gasteiger partial charge in [-0.05, 0) is 13.4 Å². The predicted octanol–water partition coefficient (Wildman–Crippen LogP) is 0.714. The lowest BCUT2D eigenvalue weighted by Crippen LogP contribution is -2.24. The zero-order chi connectivity index (χ0) is 11.2. The lowest BCUT2D eigenvalue weighted by molar-refractivity contribution is -0.145. The van der Waals surface area contributed by atoms with E-state index in [1.54, 1.807) is 0 Å². The molecular weight excluding hydrogens is 142 g/mol. The molecule has 64 valence electrons. The number of nitrogens with one attached hydrogen (secondary N) is 1. The molecule has 3 heteroatoms. The Morgan fingerprint density at radius 3 is 3.18 bits per heavy atom. The smallest absolute Gasteiger partial charge is 0.320 e. The zero-order valence-corrected chi connectivity index (χ0v) is 6.59. The maximum Gasteiger partial charge on any atom is 0.320 e. The van der Waals surface area contributed by atoms with Gasteiger partial charge in [0.25, 0.3) is 0 Å². The first-order valence-corrected chi connectivity index (χ1v) is 3.46. The summed E-state index contributed by atoms with van der Waals surface area (Å²) in [7, 11) is 0. The van der Waals surface area contributed by atoms with Gasteiger partial charge in [-0.25, -0.2) is 0 Å². The molecule has 3 nitrogen and oxygen atoms in total. The largest absolute Gasteiger partial charge is 0.457 e. The van der Waals surface area contributed by atoms with E-state index in [2.05, 4.69) is 11.9 Å². The molecule has 1 atom stereocenters. The van der Waals surface area contributed by atoms with Gasteiger partial charge >= 0.3 is 5.97 Å². The average molecular weight is 160 g/mol. The van der Waals surface area contributed by atoms with Crippen LogP contribution >= 0.6 is 0 Å².